The monoisotopic (exact) mass is 239 g/mol. The van der Waals surface area contributed by atoms with Crippen molar-refractivity contribution < 1.29 is 9.90 Å². The van der Waals surface area contributed by atoms with Crippen LogP contribution in [0.3, 0.4) is 0 Å². The number of aromatic amines is 1. The van der Waals surface area contributed by atoms with Gasteiger partial charge in [0.15, 0.2) is 0 Å². The number of nitrogens with zero attached hydrogens (tertiary/aromatic N) is 1. The zero-order valence-corrected chi connectivity index (χ0v) is 10.9. The Morgan fingerprint density at radius 1 is 1.47 bits per heavy atom. The minimum Gasteiger partial charge on any atom is -0.396 e. The van der Waals surface area contributed by atoms with Gasteiger partial charge in [-0.2, -0.15) is 5.10 Å². The van der Waals surface area contributed by atoms with Crippen molar-refractivity contribution in [1.29, 1.82) is 0 Å². The van der Waals surface area contributed by atoms with Crippen LogP contribution in [0.5, 0.6) is 0 Å². The summed E-state index contributed by atoms with van der Waals surface area (Å²) < 4.78 is 0. The van der Waals surface area contributed by atoms with E-state index < -0.39 is 0 Å². The van der Waals surface area contributed by atoms with Crippen LogP contribution in [0.15, 0.2) is 0 Å². The standard InChI is InChI=1S/C12H21N3O2/c1-7(6-16)8(2)13-12(17)5-11-9(3)14-15-10(11)4/h7-8,16H,5-6H2,1-4H3,(H,13,17)(H,14,15). The predicted octanol–water partition coefficient (Wildman–Crippen LogP) is 0.702. The van der Waals surface area contributed by atoms with Crippen molar-refractivity contribution >= 4 is 5.91 Å². The summed E-state index contributed by atoms with van der Waals surface area (Å²) in [5.41, 5.74) is 2.74. The van der Waals surface area contributed by atoms with Crippen LogP contribution in [0, 0.1) is 19.8 Å². The first-order valence-electron chi connectivity index (χ1n) is 5.86. The summed E-state index contributed by atoms with van der Waals surface area (Å²) in [6, 6.07) is -0.0278. The van der Waals surface area contributed by atoms with Crippen molar-refractivity contribution in [3.63, 3.8) is 0 Å². The molecule has 1 aromatic heterocycles. The summed E-state index contributed by atoms with van der Waals surface area (Å²) >= 11 is 0. The first-order valence-corrected chi connectivity index (χ1v) is 5.86. The highest BCUT2D eigenvalue weighted by molar-refractivity contribution is 5.79. The van der Waals surface area contributed by atoms with Gasteiger partial charge in [0, 0.05) is 23.9 Å². The number of hydrogen-bond donors (Lipinski definition) is 3. The molecule has 1 aromatic rings. The third-order valence-electron chi connectivity index (χ3n) is 3.15. The lowest BCUT2D eigenvalue weighted by Gasteiger charge is -2.19. The van der Waals surface area contributed by atoms with Gasteiger partial charge in [0.25, 0.3) is 0 Å². The van der Waals surface area contributed by atoms with Crippen LogP contribution in [0.2, 0.25) is 0 Å². The molecule has 0 aliphatic carbocycles. The predicted molar refractivity (Wildman–Crippen MR) is 65.6 cm³/mol. The molecule has 96 valence electrons. The number of carbonyl (C=O) groups excluding carboxylic acids is 1. The number of aliphatic hydroxyl groups is 1. The fourth-order valence-electron chi connectivity index (χ4n) is 1.60. The molecule has 2 unspecified atom stereocenters. The Balaban J connectivity index is 2.56. The third kappa shape index (κ3) is 3.56. The van der Waals surface area contributed by atoms with Crippen molar-refractivity contribution in [2.45, 2.75) is 40.2 Å². The molecule has 0 aliphatic heterocycles. The van der Waals surface area contributed by atoms with E-state index in [0.717, 1.165) is 17.0 Å². The summed E-state index contributed by atoms with van der Waals surface area (Å²) in [5, 5.41) is 18.8. The molecule has 0 saturated heterocycles. The van der Waals surface area contributed by atoms with Crippen LogP contribution < -0.4 is 5.32 Å². The van der Waals surface area contributed by atoms with E-state index in [1.54, 1.807) is 0 Å². The fourth-order valence-corrected chi connectivity index (χ4v) is 1.60. The van der Waals surface area contributed by atoms with Crippen LogP contribution in [-0.2, 0) is 11.2 Å². The first-order chi connectivity index (χ1) is 7.95. The molecule has 3 N–H and O–H groups in total. The Kier molecular flexibility index (Phi) is 4.69. The third-order valence-corrected chi connectivity index (χ3v) is 3.15. The topological polar surface area (TPSA) is 78.0 Å². The normalized spacial score (nSPS) is 14.4. The minimum atomic E-state index is -0.0367. The molecule has 5 heteroatoms. The summed E-state index contributed by atoms with van der Waals surface area (Å²) in [6.45, 7) is 7.66. The zero-order valence-electron chi connectivity index (χ0n) is 10.9. The number of rotatable bonds is 5. The quantitative estimate of drug-likeness (QED) is 0.708. The lowest BCUT2D eigenvalue weighted by Crippen LogP contribution is -2.39. The molecule has 0 saturated carbocycles. The second-order valence-corrected chi connectivity index (χ2v) is 4.61. The largest absolute Gasteiger partial charge is 0.396 e. The van der Waals surface area contributed by atoms with E-state index in [1.165, 1.54) is 0 Å². The molecule has 0 aliphatic rings. The second-order valence-electron chi connectivity index (χ2n) is 4.61. The molecule has 2 atom stereocenters. The fraction of sp³-hybridized carbons (Fsp3) is 0.667. The van der Waals surface area contributed by atoms with E-state index in [1.807, 2.05) is 27.7 Å². The highest BCUT2D eigenvalue weighted by atomic mass is 16.3. The molecule has 0 aromatic carbocycles. The molecule has 0 bridgehead atoms. The van der Waals surface area contributed by atoms with E-state index in [4.69, 9.17) is 5.11 Å². The number of nitrogens with one attached hydrogen (secondary N) is 2. The van der Waals surface area contributed by atoms with Crippen molar-refractivity contribution in [3.8, 4) is 0 Å². The lowest BCUT2D eigenvalue weighted by molar-refractivity contribution is -0.121. The maximum absolute atomic E-state index is 11.8. The van der Waals surface area contributed by atoms with E-state index >= 15 is 0 Å². The number of H-pyrrole nitrogens is 1. The summed E-state index contributed by atoms with van der Waals surface area (Å²) in [6.07, 6.45) is 0.330. The summed E-state index contributed by atoms with van der Waals surface area (Å²) in [7, 11) is 0. The zero-order chi connectivity index (χ0) is 13.0. The number of amides is 1. The molecule has 17 heavy (non-hydrogen) atoms. The average molecular weight is 239 g/mol. The molecule has 5 nitrogen and oxygen atoms in total. The van der Waals surface area contributed by atoms with Gasteiger partial charge in [-0.25, -0.2) is 0 Å². The summed E-state index contributed by atoms with van der Waals surface area (Å²) in [4.78, 5) is 11.8. The number of aryl methyl sites for hydroxylation is 2. The van der Waals surface area contributed by atoms with Crippen molar-refractivity contribution in [3.05, 3.63) is 17.0 Å². The van der Waals surface area contributed by atoms with Crippen molar-refractivity contribution in [1.82, 2.24) is 15.5 Å². The van der Waals surface area contributed by atoms with Gasteiger partial charge in [0.05, 0.1) is 12.1 Å². The van der Waals surface area contributed by atoms with Crippen LogP contribution in [0.25, 0.3) is 0 Å². The second kappa shape index (κ2) is 5.82. The van der Waals surface area contributed by atoms with Crippen LogP contribution in [0.1, 0.15) is 30.8 Å². The molecule has 0 radical (unpaired) electrons. The average Bonchev–Trinajstić information content (AvgIpc) is 2.59. The Labute approximate surface area is 102 Å². The number of carbonyl (C=O) groups is 1. The van der Waals surface area contributed by atoms with Gasteiger partial charge in [0.2, 0.25) is 5.91 Å². The molecule has 1 heterocycles. The highest BCUT2D eigenvalue weighted by Gasteiger charge is 2.16. The van der Waals surface area contributed by atoms with Gasteiger partial charge in [0.1, 0.15) is 0 Å². The Morgan fingerprint density at radius 2 is 2.12 bits per heavy atom. The first kappa shape index (κ1) is 13.7. The molecule has 1 amide bonds. The summed E-state index contributed by atoms with van der Waals surface area (Å²) in [5.74, 6) is 0.0240. The smallest absolute Gasteiger partial charge is 0.224 e. The highest BCUT2D eigenvalue weighted by Crippen LogP contribution is 2.10. The van der Waals surface area contributed by atoms with Crippen LogP contribution in [0.4, 0.5) is 0 Å². The number of aliphatic hydroxyl groups excluding tert-OH is 1. The molecule has 0 fully saturated rings. The number of aromatic nitrogens is 2. The van der Waals surface area contributed by atoms with E-state index in [-0.39, 0.29) is 24.5 Å². The molecular formula is C12H21N3O2. The van der Waals surface area contributed by atoms with Crippen LogP contribution in [-0.4, -0.2) is 33.9 Å². The van der Waals surface area contributed by atoms with Crippen molar-refractivity contribution in [2.24, 2.45) is 5.92 Å². The molecule has 1 rings (SSSR count). The minimum absolute atomic E-state index is 0.0278. The Bertz CT molecular complexity index is 368. The van der Waals surface area contributed by atoms with Gasteiger partial charge in [-0.05, 0) is 26.7 Å². The number of hydrogen-bond acceptors (Lipinski definition) is 3. The van der Waals surface area contributed by atoms with Crippen LogP contribution >= 0.6 is 0 Å². The maximum atomic E-state index is 11.8. The van der Waals surface area contributed by atoms with Gasteiger partial charge >= 0.3 is 0 Å². The Hall–Kier alpha value is -1.36. The van der Waals surface area contributed by atoms with Gasteiger partial charge in [-0.3, -0.25) is 9.89 Å². The van der Waals surface area contributed by atoms with E-state index in [9.17, 15) is 4.79 Å². The van der Waals surface area contributed by atoms with Gasteiger partial charge in [-0.15, -0.1) is 0 Å². The molecule has 0 spiro atoms. The van der Waals surface area contributed by atoms with Crippen molar-refractivity contribution in [2.75, 3.05) is 6.61 Å². The molecular weight excluding hydrogens is 218 g/mol. The Morgan fingerprint density at radius 3 is 2.59 bits per heavy atom. The van der Waals surface area contributed by atoms with Gasteiger partial charge < -0.3 is 10.4 Å². The maximum Gasteiger partial charge on any atom is 0.224 e. The van der Waals surface area contributed by atoms with Gasteiger partial charge in [-0.1, -0.05) is 6.92 Å². The van der Waals surface area contributed by atoms with E-state index in [2.05, 4.69) is 15.5 Å². The SMILES string of the molecule is Cc1n[nH]c(C)c1CC(=O)NC(C)C(C)CO. The van der Waals surface area contributed by atoms with E-state index in [0.29, 0.717) is 6.42 Å². The lowest BCUT2D eigenvalue weighted by atomic mass is 10.0.